The van der Waals surface area contributed by atoms with Gasteiger partial charge in [0.2, 0.25) is 0 Å². The number of hydrogen-bond acceptors (Lipinski definition) is 4. The SMILES string of the molecule is COc1cc(F)c(C(C)C)cc1-c1ccc(C#N)cc1CN1C(=O)OC(c2cc(C(F)(F)F)cc(C(F)(F)F)c2)[C@@H]1C. The van der Waals surface area contributed by atoms with Crippen molar-refractivity contribution in [3.8, 4) is 22.9 Å². The van der Waals surface area contributed by atoms with Crippen molar-refractivity contribution in [3.63, 3.8) is 0 Å². The summed E-state index contributed by atoms with van der Waals surface area (Å²) >= 11 is 0. The van der Waals surface area contributed by atoms with E-state index in [1.807, 2.05) is 6.07 Å². The molecule has 2 atom stereocenters. The average Bonchev–Trinajstić information content (AvgIpc) is 3.20. The number of cyclic esters (lactones) is 1. The Balaban J connectivity index is 1.78. The number of alkyl halides is 6. The highest BCUT2D eigenvalue weighted by atomic mass is 19.4. The maximum atomic E-state index is 14.7. The summed E-state index contributed by atoms with van der Waals surface area (Å²) in [5.41, 5.74) is -1.55. The number of carbonyl (C=O) groups excluding carboxylic acids is 1. The zero-order valence-electron chi connectivity index (χ0n) is 22.8. The fraction of sp³-hybridized carbons (Fsp3) is 0.333. The number of hydrogen-bond donors (Lipinski definition) is 0. The Hall–Kier alpha value is -4.27. The van der Waals surface area contributed by atoms with Crippen molar-refractivity contribution in [3.05, 3.63) is 87.7 Å². The Labute approximate surface area is 237 Å². The van der Waals surface area contributed by atoms with Gasteiger partial charge in [-0.2, -0.15) is 31.6 Å². The topological polar surface area (TPSA) is 62.6 Å². The summed E-state index contributed by atoms with van der Waals surface area (Å²) in [6.07, 6.45) is -12.6. The molecule has 1 amide bonds. The predicted molar refractivity (Wildman–Crippen MR) is 138 cm³/mol. The predicted octanol–water partition coefficient (Wildman–Crippen LogP) is 8.62. The summed E-state index contributed by atoms with van der Waals surface area (Å²) < 4.78 is 106. The van der Waals surface area contributed by atoms with E-state index in [4.69, 9.17) is 9.47 Å². The monoisotopic (exact) mass is 594 g/mol. The van der Waals surface area contributed by atoms with Crippen LogP contribution in [-0.4, -0.2) is 24.1 Å². The first-order chi connectivity index (χ1) is 19.5. The summed E-state index contributed by atoms with van der Waals surface area (Å²) in [6.45, 7) is 4.82. The smallest absolute Gasteiger partial charge is 0.416 e. The minimum atomic E-state index is -5.07. The van der Waals surface area contributed by atoms with Gasteiger partial charge in [0.25, 0.3) is 0 Å². The molecule has 0 spiro atoms. The van der Waals surface area contributed by atoms with Crippen LogP contribution in [0.4, 0.5) is 35.5 Å². The molecule has 0 radical (unpaired) electrons. The van der Waals surface area contributed by atoms with E-state index in [1.54, 1.807) is 26.0 Å². The molecular formula is C30H25F7N2O3. The Kier molecular flexibility index (Phi) is 8.18. The van der Waals surface area contributed by atoms with Gasteiger partial charge in [0.15, 0.2) is 0 Å². The maximum absolute atomic E-state index is 14.7. The molecule has 5 nitrogen and oxygen atoms in total. The van der Waals surface area contributed by atoms with Crippen molar-refractivity contribution in [1.82, 2.24) is 4.90 Å². The van der Waals surface area contributed by atoms with Crippen molar-refractivity contribution < 1.29 is 45.0 Å². The van der Waals surface area contributed by atoms with Crippen LogP contribution < -0.4 is 4.74 Å². The van der Waals surface area contributed by atoms with Crippen LogP contribution in [0.3, 0.4) is 0 Å². The second-order valence-corrected chi connectivity index (χ2v) is 10.2. The second-order valence-electron chi connectivity index (χ2n) is 10.2. The molecule has 3 aromatic rings. The second kappa shape index (κ2) is 11.2. The van der Waals surface area contributed by atoms with Crippen LogP contribution in [0.2, 0.25) is 0 Å². The number of rotatable bonds is 6. The minimum Gasteiger partial charge on any atom is -0.496 e. The van der Waals surface area contributed by atoms with Gasteiger partial charge in [0, 0.05) is 11.6 Å². The fourth-order valence-corrected chi connectivity index (χ4v) is 4.94. The van der Waals surface area contributed by atoms with E-state index in [1.165, 1.54) is 32.2 Å². The van der Waals surface area contributed by atoms with Gasteiger partial charge in [-0.3, -0.25) is 4.90 Å². The number of halogens is 7. The van der Waals surface area contributed by atoms with Gasteiger partial charge < -0.3 is 9.47 Å². The van der Waals surface area contributed by atoms with Crippen LogP contribution in [0.5, 0.6) is 5.75 Å². The van der Waals surface area contributed by atoms with Crippen molar-refractivity contribution in [1.29, 1.82) is 5.26 Å². The number of nitriles is 1. The van der Waals surface area contributed by atoms with E-state index in [-0.39, 0.29) is 29.8 Å². The Bertz CT molecular complexity index is 1530. The molecule has 1 aliphatic heterocycles. The van der Waals surface area contributed by atoms with E-state index >= 15 is 0 Å². The normalized spacial score (nSPS) is 17.4. The number of amides is 1. The zero-order valence-corrected chi connectivity index (χ0v) is 22.8. The third-order valence-corrected chi connectivity index (χ3v) is 7.14. The van der Waals surface area contributed by atoms with Crippen LogP contribution in [0.1, 0.15) is 66.2 Å². The van der Waals surface area contributed by atoms with Crippen molar-refractivity contribution in [2.24, 2.45) is 0 Å². The lowest BCUT2D eigenvalue weighted by molar-refractivity contribution is -0.143. The highest BCUT2D eigenvalue weighted by molar-refractivity contribution is 5.77. The maximum Gasteiger partial charge on any atom is 0.416 e. The number of ether oxygens (including phenoxy) is 2. The summed E-state index contributed by atoms with van der Waals surface area (Å²) in [6, 6.07) is 9.50. The van der Waals surface area contributed by atoms with Gasteiger partial charge in [0.05, 0.1) is 42.5 Å². The van der Waals surface area contributed by atoms with Gasteiger partial charge in [-0.1, -0.05) is 19.9 Å². The standard InChI is InChI=1S/C30H25F7N2O3/c1-15(2)23-11-24(26(41-4)12-25(23)31)22-6-5-17(13-38)7-19(22)14-39-16(3)27(42-28(39)40)18-8-20(29(32,33)34)10-21(9-18)30(35,36)37/h5-12,15-16,27H,14H2,1-4H3/t16-,27?/m0/s1. The highest BCUT2D eigenvalue weighted by Gasteiger charge is 2.43. The van der Waals surface area contributed by atoms with E-state index in [0.29, 0.717) is 34.4 Å². The van der Waals surface area contributed by atoms with Crippen LogP contribution in [0.15, 0.2) is 48.5 Å². The molecule has 12 heteroatoms. The van der Waals surface area contributed by atoms with Crippen molar-refractivity contribution >= 4 is 6.09 Å². The van der Waals surface area contributed by atoms with E-state index < -0.39 is 53.1 Å². The molecular weight excluding hydrogens is 569 g/mol. The number of methoxy groups -OCH3 is 1. The molecule has 1 saturated heterocycles. The first-order valence-corrected chi connectivity index (χ1v) is 12.7. The lowest BCUT2D eigenvalue weighted by atomic mass is 9.92. The van der Waals surface area contributed by atoms with Crippen molar-refractivity contribution in [2.75, 3.05) is 7.11 Å². The summed E-state index contributed by atoms with van der Waals surface area (Å²) in [5.74, 6) is -0.499. The molecule has 0 saturated carbocycles. The summed E-state index contributed by atoms with van der Waals surface area (Å²) in [7, 11) is 1.35. The summed E-state index contributed by atoms with van der Waals surface area (Å²) in [4.78, 5) is 14.1. The van der Waals surface area contributed by atoms with Crippen LogP contribution in [0.25, 0.3) is 11.1 Å². The molecule has 1 fully saturated rings. The molecule has 0 aromatic heterocycles. The highest BCUT2D eigenvalue weighted by Crippen LogP contribution is 2.42. The third-order valence-electron chi connectivity index (χ3n) is 7.14. The van der Waals surface area contributed by atoms with Crippen LogP contribution in [-0.2, 0) is 23.6 Å². The molecule has 1 unspecified atom stereocenters. The van der Waals surface area contributed by atoms with Crippen LogP contribution >= 0.6 is 0 Å². The molecule has 0 N–H and O–H groups in total. The summed E-state index contributed by atoms with van der Waals surface area (Å²) in [5, 5.41) is 9.50. The molecule has 1 heterocycles. The zero-order chi connectivity index (χ0) is 31.1. The van der Waals surface area contributed by atoms with Crippen LogP contribution in [0, 0.1) is 17.1 Å². The largest absolute Gasteiger partial charge is 0.496 e. The first-order valence-electron chi connectivity index (χ1n) is 12.7. The molecule has 0 bridgehead atoms. The van der Waals surface area contributed by atoms with Gasteiger partial charge in [-0.25, -0.2) is 9.18 Å². The molecule has 0 aliphatic carbocycles. The first kappa shape index (κ1) is 30.7. The van der Waals surface area contributed by atoms with Gasteiger partial charge in [-0.05, 0) is 71.5 Å². The van der Waals surface area contributed by atoms with Gasteiger partial charge >= 0.3 is 18.4 Å². The Morgan fingerprint density at radius 2 is 1.60 bits per heavy atom. The molecule has 4 rings (SSSR count). The van der Waals surface area contributed by atoms with Gasteiger partial charge in [0.1, 0.15) is 17.7 Å². The Morgan fingerprint density at radius 1 is 0.976 bits per heavy atom. The number of carbonyl (C=O) groups is 1. The number of benzene rings is 3. The average molecular weight is 595 g/mol. The fourth-order valence-electron chi connectivity index (χ4n) is 4.94. The van der Waals surface area contributed by atoms with Crippen molar-refractivity contribution in [2.45, 2.75) is 57.7 Å². The van der Waals surface area contributed by atoms with E-state index in [9.17, 15) is 40.8 Å². The lowest BCUT2D eigenvalue weighted by Gasteiger charge is -2.24. The Morgan fingerprint density at radius 3 is 2.12 bits per heavy atom. The molecule has 42 heavy (non-hydrogen) atoms. The van der Waals surface area contributed by atoms with E-state index in [0.717, 1.165) is 4.90 Å². The molecule has 3 aromatic carbocycles. The third kappa shape index (κ3) is 6.00. The quantitative estimate of drug-likeness (QED) is 0.268. The molecule has 1 aliphatic rings. The van der Waals surface area contributed by atoms with E-state index in [2.05, 4.69) is 0 Å². The lowest BCUT2D eigenvalue weighted by Crippen LogP contribution is -2.31. The van der Waals surface area contributed by atoms with Gasteiger partial charge in [-0.15, -0.1) is 0 Å². The number of nitrogens with zero attached hydrogens (tertiary/aromatic N) is 2. The minimum absolute atomic E-state index is 0.00384. The molecule has 222 valence electrons.